The van der Waals surface area contributed by atoms with E-state index in [2.05, 4.69) is 17.0 Å². The molecule has 118 valence electrons. The second kappa shape index (κ2) is 5.30. The molecule has 3 atom stereocenters. The molecule has 5 rings (SSSR count). The molecule has 4 nitrogen and oxygen atoms in total. The first-order valence-electron chi connectivity index (χ1n) is 8.09. The number of rotatable bonds is 2. The zero-order valence-electron chi connectivity index (χ0n) is 12.9. The predicted molar refractivity (Wildman–Crippen MR) is 90.3 cm³/mol. The first kappa shape index (κ1) is 14.1. The molecule has 3 N–H and O–H groups in total. The van der Waals surface area contributed by atoms with Gasteiger partial charge in [-0.3, -0.25) is 4.79 Å². The SMILES string of the molecule is Nc1cc(C2C3CCC(CC3=O)N2c2ccccc2)ccc1O. The summed E-state index contributed by atoms with van der Waals surface area (Å²) in [6.07, 6.45) is 2.61. The van der Waals surface area contributed by atoms with E-state index in [0.29, 0.717) is 17.9 Å². The number of anilines is 2. The van der Waals surface area contributed by atoms with Crippen molar-refractivity contribution in [1.29, 1.82) is 0 Å². The monoisotopic (exact) mass is 308 g/mol. The lowest BCUT2D eigenvalue weighted by Gasteiger charge is -2.52. The zero-order valence-corrected chi connectivity index (χ0v) is 12.9. The van der Waals surface area contributed by atoms with Crippen molar-refractivity contribution < 1.29 is 9.90 Å². The average molecular weight is 308 g/mol. The number of aromatic hydroxyl groups is 1. The number of phenols is 1. The number of nitrogens with zero attached hydrogens (tertiary/aromatic N) is 1. The Morgan fingerprint density at radius 1 is 1.09 bits per heavy atom. The molecule has 3 aliphatic rings. The maximum Gasteiger partial charge on any atom is 0.140 e. The van der Waals surface area contributed by atoms with Crippen molar-refractivity contribution in [3.05, 3.63) is 54.1 Å². The molecule has 1 saturated carbocycles. The molecule has 2 saturated heterocycles. The Bertz CT molecular complexity index is 744. The Hall–Kier alpha value is -2.49. The highest BCUT2D eigenvalue weighted by Gasteiger charge is 2.47. The highest BCUT2D eigenvalue weighted by Crippen LogP contribution is 2.48. The van der Waals surface area contributed by atoms with Crippen LogP contribution in [0.4, 0.5) is 11.4 Å². The summed E-state index contributed by atoms with van der Waals surface area (Å²) < 4.78 is 0. The number of carbonyl (C=O) groups is 1. The molecule has 1 aliphatic carbocycles. The van der Waals surface area contributed by atoms with Gasteiger partial charge in [0.15, 0.2) is 0 Å². The highest BCUT2D eigenvalue weighted by molar-refractivity contribution is 5.86. The molecule has 2 heterocycles. The summed E-state index contributed by atoms with van der Waals surface area (Å²) >= 11 is 0. The van der Waals surface area contributed by atoms with Gasteiger partial charge >= 0.3 is 0 Å². The van der Waals surface area contributed by atoms with Gasteiger partial charge in [0.05, 0.1) is 11.7 Å². The van der Waals surface area contributed by atoms with Crippen LogP contribution in [0.5, 0.6) is 5.75 Å². The van der Waals surface area contributed by atoms with Gasteiger partial charge in [0.25, 0.3) is 0 Å². The van der Waals surface area contributed by atoms with Crippen LogP contribution >= 0.6 is 0 Å². The van der Waals surface area contributed by atoms with Crippen molar-refractivity contribution in [2.45, 2.75) is 31.3 Å². The summed E-state index contributed by atoms with van der Waals surface area (Å²) in [4.78, 5) is 14.8. The topological polar surface area (TPSA) is 66.6 Å². The third-order valence-corrected chi connectivity index (χ3v) is 5.18. The number of para-hydroxylation sites is 1. The Kier molecular flexibility index (Phi) is 3.26. The van der Waals surface area contributed by atoms with E-state index in [4.69, 9.17) is 5.73 Å². The summed E-state index contributed by atoms with van der Waals surface area (Å²) in [5, 5.41) is 9.70. The number of fused-ring (bicyclic) bond motifs is 3. The molecule has 23 heavy (non-hydrogen) atoms. The van der Waals surface area contributed by atoms with Crippen molar-refractivity contribution in [3.63, 3.8) is 0 Å². The molecule has 0 amide bonds. The number of nitrogens with two attached hydrogens (primary N) is 1. The lowest BCUT2D eigenvalue weighted by Crippen LogP contribution is -2.54. The number of hydrogen-bond acceptors (Lipinski definition) is 4. The number of benzene rings is 2. The van der Waals surface area contributed by atoms with Gasteiger partial charge in [-0.15, -0.1) is 0 Å². The van der Waals surface area contributed by atoms with Crippen LogP contribution in [0.1, 0.15) is 30.9 Å². The molecule has 0 aromatic heterocycles. The van der Waals surface area contributed by atoms with E-state index < -0.39 is 0 Å². The smallest absolute Gasteiger partial charge is 0.140 e. The van der Waals surface area contributed by atoms with E-state index in [1.165, 1.54) is 0 Å². The molecule has 3 fully saturated rings. The van der Waals surface area contributed by atoms with E-state index in [9.17, 15) is 9.90 Å². The van der Waals surface area contributed by atoms with E-state index in [1.807, 2.05) is 30.3 Å². The summed E-state index contributed by atoms with van der Waals surface area (Å²) in [5.41, 5.74) is 8.41. The van der Waals surface area contributed by atoms with Gasteiger partial charge in [0.2, 0.25) is 0 Å². The summed E-state index contributed by atoms with van der Waals surface area (Å²) in [6, 6.07) is 15.8. The van der Waals surface area contributed by atoms with E-state index in [-0.39, 0.29) is 23.8 Å². The summed E-state index contributed by atoms with van der Waals surface area (Å²) in [7, 11) is 0. The molecule has 0 spiro atoms. The number of carbonyl (C=O) groups excluding carboxylic acids is 1. The van der Waals surface area contributed by atoms with Gasteiger partial charge in [0.1, 0.15) is 11.5 Å². The lowest BCUT2D eigenvalue weighted by molar-refractivity contribution is -0.128. The van der Waals surface area contributed by atoms with E-state index >= 15 is 0 Å². The van der Waals surface area contributed by atoms with Crippen LogP contribution in [-0.2, 0) is 4.79 Å². The molecule has 2 aromatic rings. The van der Waals surface area contributed by atoms with Crippen LogP contribution in [0.15, 0.2) is 48.5 Å². The second-order valence-corrected chi connectivity index (χ2v) is 6.51. The molecule has 3 unspecified atom stereocenters. The van der Waals surface area contributed by atoms with Crippen LogP contribution in [0, 0.1) is 5.92 Å². The molecular formula is C19H20N2O2. The molecule has 2 bridgehead atoms. The first-order chi connectivity index (χ1) is 11.1. The van der Waals surface area contributed by atoms with Crippen molar-refractivity contribution in [2.24, 2.45) is 5.92 Å². The second-order valence-electron chi connectivity index (χ2n) is 6.51. The van der Waals surface area contributed by atoms with Crippen molar-refractivity contribution in [3.8, 4) is 5.75 Å². The van der Waals surface area contributed by atoms with Crippen LogP contribution < -0.4 is 10.6 Å². The van der Waals surface area contributed by atoms with Gasteiger partial charge in [-0.05, 0) is 42.7 Å². The van der Waals surface area contributed by atoms with Crippen LogP contribution in [0.2, 0.25) is 0 Å². The number of hydrogen-bond donors (Lipinski definition) is 2. The maximum atomic E-state index is 12.5. The third-order valence-electron chi connectivity index (χ3n) is 5.18. The van der Waals surface area contributed by atoms with E-state index in [0.717, 1.165) is 24.1 Å². The molecule has 0 radical (unpaired) electrons. The van der Waals surface area contributed by atoms with Crippen LogP contribution in [-0.4, -0.2) is 16.9 Å². The van der Waals surface area contributed by atoms with E-state index in [1.54, 1.807) is 6.07 Å². The minimum absolute atomic E-state index is 0.000278. The Morgan fingerprint density at radius 3 is 2.57 bits per heavy atom. The maximum absolute atomic E-state index is 12.5. The minimum atomic E-state index is 0.000278. The van der Waals surface area contributed by atoms with Crippen molar-refractivity contribution >= 4 is 17.2 Å². The molecule has 2 aromatic carbocycles. The zero-order chi connectivity index (χ0) is 16.0. The van der Waals surface area contributed by atoms with Gasteiger partial charge in [-0.1, -0.05) is 24.3 Å². The number of phenolic OH excluding ortho intramolecular Hbond substituents is 1. The average Bonchev–Trinajstić information content (AvgIpc) is 2.58. The lowest BCUT2D eigenvalue weighted by atomic mass is 9.71. The van der Waals surface area contributed by atoms with Crippen LogP contribution in [0.25, 0.3) is 0 Å². The van der Waals surface area contributed by atoms with Gasteiger partial charge < -0.3 is 15.7 Å². The Morgan fingerprint density at radius 2 is 1.87 bits per heavy atom. The quantitative estimate of drug-likeness (QED) is 0.660. The van der Waals surface area contributed by atoms with Gasteiger partial charge in [-0.25, -0.2) is 0 Å². The number of Topliss-reactive ketones (excluding diaryl/α,β-unsaturated/α-hetero) is 1. The molecule has 4 heteroatoms. The first-order valence-corrected chi connectivity index (χ1v) is 8.09. The largest absolute Gasteiger partial charge is 0.506 e. The van der Waals surface area contributed by atoms with Crippen molar-refractivity contribution in [1.82, 2.24) is 0 Å². The van der Waals surface area contributed by atoms with Gasteiger partial charge in [-0.2, -0.15) is 0 Å². The third kappa shape index (κ3) is 2.25. The fourth-order valence-electron chi connectivity index (χ4n) is 4.13. The fraction of sp³-hybridized carbons (Fsp3) is 0.316. The normalized spacial score (nSPS) is 26.5. The minimum Gasteiger partial charge on any atom is -0.506 e. The number of nitrogen functional groups attached to an aromatic ring is 1. The predicted octanol–water partition coefficient (Wildman–Crippen LogP) is 3.27. The standard InChI is InChI=1S/C19H20N2O2/c20-16-10-12(6-9-17(16)22)19-15-8-7-14(11-18(15)23)21(19)13-4-2-1-3-5-13/h1-6,9-10,14-15,19,22H,7-8,11,20H2. The Labute approximate surface area is 135 Å². The summed E-state index contributed by atoms with van der Waals surface area (Å²) in [6.45, 7) is 0. The van der Waals surface area contributed by atoms with Crippen LogP contribution in [0.3, 0.4) is 0 Å². The van der Waals surface area contributed by atoms with Crippen molar-refractivity contribution in [2.75, 3.05) is 10.6 Å². The highest BCUT2D eigenvalue weighted by atomic mass is 16.3. The number of ketones is 1. The fourth-order valence-corrected chi connectivity index (χ4v) is 4.13. The molecular weight excluding hydrogens is 288 g/mol. The summed E-state index contributed by atoms with van der Waals surface area (Å²) in [5.74, 6) is 0.446. The Balaban J connectivity index is 1.82. The van der Waals surface area contributed by atoms with Gasteiger partial charge in [0, 0.05) is 24.1 Å². The molecule has 2 aliphatic heterocycles. The number of piperidine rings is 2.